The number of rotatable bonds is 8. The molecule has 2 aliphatic rings. The first-order valence-corrected chi connectivity index (χ1v) is 19.4. The van der Waals surface area contributed by atoms with Gasteiger partial charge in [-0.3, -0.25) is 18.7 Å². The SMILES string of the molecule is Cc1nc(N2CCC(C)([C@H](O)CN)CC2)cc(=O)n1-c1cccc(Cl)c1Cl.Cc1nc(N2CCC(C)([C@H](O)CN)CC2)cc(=O)n1-c1cccc(Cl)c1Cl. The van der Waals surface area contributed by atoms with Gasteiger partial charge in [0.1, 0.15) is 23.3 Å². The van der Waals surface area contributed by atoms with Crippen molar-refractivity contribution in [1.82, 2.24) is 19.1 Å². The van der Waals surface area contributed by atoms with Crippen LogP contribution in [-0.2, 0) is 0 Å². The summed E-state index contributed by atoms with van der Waals surface area (Å²) >= 11 is 24.7. The second-order valence-electron chi connectivity index (χ2n) is 14.6. The molecule has 4 aromatic rings. The Kier molecular flexibility index (Phi) is 13.4. The summed E-state index contributed by atoms with van der Waals surface area (Å²) < 4.78 is 2.92. The number of aromatic nitrogens is 4. The molecule has 6 rings (SSSR count). The zero-order chi connectivity index (χ0) is 39.5. The van der Waals surface area contributed by atoms with Crippen molar-refractivity contribution in [2.75, 3.05) is 49.1 Å². The molecule has 2 aromatic carbocycles. The van der Waals surface area contributed by atoms with Crippen LogP contribution in [-0.4, -0.2) is 80.8 Å². The molecule has 0 spiro atoms. The van der Waals surface area contributed by atoms with Gasteiger partial charge in [-0.05, 0) is 74.6 Å². The van der Waals surface area contributed by atoms with Crippen LogP contribution in [0.5, 0.6) is 0 Å². The molecule has 12 nitrogen and oxygen atoms in total. The van der Waals surface area contributed by atoms with Gasteiger partial charge in [0.05, 0.1) is 43.7 Å². The van der Waals surface area contributed by atoms with E-state index in [0.29, 0.717) is 80.9 Å². The van der Waals surface area contributed by atoms with Crippen LogP contribution in [0.15, 0.2) is 58.1 Å². The highest BCUT2D eigenvalue weighted by atomic mass is 35.5. The van der Waals surface area contributed by atoms with E-state index in [-0.39, 0.29) is 35.0 Å². The Labute approximate surface area is 335 Å². The summed E-state index contributed by atoms with van der Waals surface area (Å²) in [7, 11) is 0. The van der Waals surface area contributed by atoms with E-state index in [1.807, 2.05) is 0 Å². The Morgan fingerprint density at radius 2 is 1.00 bits per heavy atom. The van der Waals surface area contributed by atoms with E-state index < -0.39 is 12.2 Å². The quantitative estimate of drug-likeness (QED) is 0.177. The van der Waals surface area contributed by atoms with Gasteiger partial charge in [-0.1, -0.05) is 72.4 Å². The third-order valence-electron chi connectivity index (χ3n) is 11.0. The molecule has 0 radical (unpaired) electrons. The van der Waals surface area contributed by atoms with Gasteiger partial charge in [-0.2, -0.15) is 0 Å². The Bertz CT molecular complexity index is 1930. The number of aryl methyl sites for hydroxylation is 2. The molecule has 0 bridgehead atoms. The van der Waals surface area contributed by atoms with Crippen molar-refractivity contribution in [2.24, 2.45) is 22.3 Å². The fraction of sp³-hybridized carbons (Fsp3) is 0.474. The minimum Gasteiger partial charge on any atom is -0.391 e. The first-order valence-electron chi connectivity index (χ1n) is 17.9. The predicted octanol–water partition coefficient (Wildman–Crippen LogP) is 5.55. The van der Waals surface area contributed by atoms with Gasteiger partial charge in [-0.15, -0.1) is 0 Å². The molecule has 2 aromatic heterocycles. The zero-order valence-corrected chi connectivity index (χ0v) is 33.9. The second kappa shape index (κ2) is 17.3. The minimum atomic E-state index is -0.521. The average Bonchev–Trinajstić information content (AvgIpc) is 3.14. The number of hydrogen-bond acceptors (Lipinski definition) is 10. The maximum Gasteiger partial charge on any atom is 0.260 e. The van der Waals surface area contributed by atoms with E-state index >= 15 is 0 Å². The molecule has 6 N–H and O–H groups in total. The highest BCUT2D eigenvalue weighted by Gasteiger charge is 2.37. The third-order valence-corrected chi connectivity index (χ3v) is 12.6. The van der Waals surface area contributed by atoms with Crippen molar-refractivity contribution in [3.8, 4) is 11.4 Å². The Morgan fingerprint density at radius 1 is 0.667 bits per heavy atom. The van der Waals surface area contributed by atoms with Crippen molar-refractivity contribution in [2.45, 2.75) is 65.6 Å². The topological polar surface area (TPSA) is 169 Å². The number of piperidine rings is 2. The molecule has 16 heteroatoms. The molecule has 2 fully saturated rings. The number of nitrogens with two attached hydrogens (primary N) is 2. The Balaban J connectivity index is 0.000000208. The number of halogens is 4. The lowest BCUT2D eigenvalue weighted by molar-refractivity contribution is 0.0258. The Hall–Kier alpha value is -3.20. The first-order chi connectivity index (χ1) is 25.5. The molecule has 292 valence electrons. The summed E-state index contributed by atoms with van der Waals surface area (Å²) in [6.45, 7) is 11.0. The van der Waals surface area contributed by atoms with Gasteiger partial charge in [0.15, 0.2) is 0 Å². The van der Waals surface area contributed by atoms with Crippen LogP contribution in [0.4, 0.5) is 11.6 Å². The van der Waals surface area contributed by atoms with Crippen molar-refractivity contribution < 1.29 is 10.2 Å². The fourth-order valence-corrected chi connectivity index (χ4v) is 7.89. The van der Waals surface area contributed by atoms with E-state index in [1.165, 1.54) is 21.3 Å². The van der Waals surface area contributed by atoms with Gasteiger partial charge in [0.2, 0.25) is 0 Å². The van der Waals surface area contributed by atoms with Crippen LogP contribution < -0.4 is 32.4 Å². The standard InChI is InChI=1S/2C19H24Cl2N4O2/c2*1-12-23-16(24-8-6-19(2,7-9-24)15(26)11-22)10-17(27)25(12)14-5-3-4-13(20)18(14)21/h2*3-5,10,15,26H,6-9,11,22H2,1-2H3/t2*15-/m11/s1. The van der Waals surface area contributed by atoms with Gasteiger partial charge in [-0.25, -0.2) is 9.97 Å². The first kappa shape index (κ1) is 42.0. The van der Waals surface area contributed by atoms with Gasteiger partial charge >= 0.3 is 0 Å². The molecular formula is C38H48Cl4N8O4. The van der Waals surface area contributed by atoms with Crippen molar-refractivity contribution in [3.63, 3.8) is 0 Å². The van der Waals surface area contributed by atoms with E-state index in [0.717, 1.165) is 25.7 Å². The molecule has 2 saturated heterocycles. The lowest BCUT2D eigenvalue weighted by atomic mass is 9.75. The summed E-state index contributed by atoms with van der Waals surface area (Å²) in [6.07, 6.45) is 2.11. The van der Waals surface area contributed by atoms with Gasteiger partial charge in [0, 0.05) is 51.4 Å². The van der Waals surface area contributed by atoms with Crippen LogP contribution in [0.3, 0.4) is 0 Å². The van der Waals surface area contributed by atoms with Crippen LogP contribution in [0, 0.1) is 24.7 Å². The lowest BCUT2D eigenvalue weighted by Crippen LogP contribution is -2.47. The third kappa shape index (κ3) is 8.76. The molecule has 0 saturated carbocycles. The molecular weight excluding hydrogens is 774 g/mol. The monoisotopic (exact) mass is 820 g/mol. The van der Waals surface area contributed by atoms with E-state index in [9.17, 15) is 19.8 Å². The van der Waals surface area contributed by atoms with Crippen molar-refractivity contribution in [1.29, 1.82) is 0 Å². The van der Waals surface area contributed by atoms with Crippen molar-refractivity contribution >= 4 is 58.0 Å². The largest absolute Gasteiger partial charge is 0.391 e. The Morgan fingerprint density at radius 3 is 1.30 bits per heavy atom. The number of anilines is 2. The van der Waals surface area contributed by atoms with E-state index in [2.05, 4.69) is 33.6 Å². The van der Waals surface area contributed by atoms with Crippen LogP contribution in [0.25, 0.3) is 11.4 Å². The van der Waals surface area contributed by atoms with Crippen LogP contribution in [0.2, 0.25) is 20.1 Å². The van der Waals surface area contributed by atoms with E-state index in [4.69, 9.17) is 57.9 Å². The molecule has 0 aliphatic carbocycles. The normalized spacial score (nSPS) is 17.8. The van der Waals surface area contributed by atoms with Gasteiger partial charge < -0.3 is 31.5 Å². The fourth-order valence-electron chi connectivity index (χ4n) is 7.13. The number of aliphatic hydroxyl groups is 2. The molecule has 2 atom stereocenters. The minimum absolute atomic E-state index is 0.205. The zero-order valence-electron chi connectivity index (χ0n) is 30.9. The number of hydrogen-bond donors (Lipinski definition) is 4. The molecule has 2 aliphatic heterocycles. The number of nitrogens with zero attached hydrogens (tertiary/aromatic N) is 6. The molecule has 54 heavy (non-hydrogen) atoms. The lowest BCUT2D eigenvalue weighted by Gasteiger charge is -2.42. The number of benzene rings is 2. The molecule has 4 heterocycles. The molecule has 0 amide bonds. The highest BCUT2D eigenvalue weighted by Crippen LogP contribution is 2.37. The predicted molar refractivity (Wildman–Crippen MR) is 218 cm³/mol. The van der Waals surface area contributed by atoms with E-state index in [1.54, 1.807) is 50.2 Å². The smallest absolute Gasteiger partial charge is 0.260 e. The summed E-state index contributed by atoms with van der Waals surface area (Å²) in [5.74, 6) is 2.35. The summed E-state index contributed by atoms with van der Waals surface area (Å²) in [5.41, 5.74) is 11.5. The van der Waals surface area contributed by atoms with Crippen LogP contribution in [0.1, 0.15) is 51.2 Å². The maximum absolute atomic E-state index is 12.8. The van der Waals surface area contributed by atoms with Crippen LogP contribution >= 0.6 is 46.4 Å². The second-order valence-corrected chi connectivity index (χ2v) is 16.2. The highest BCUT2D eigenvalue weighted by molar-refractivity contribution is 6.43. The summed E-state index contributed by atoms with van der Waals surface area (Å²) in [4.78, 5) is 39.0. The molecule has 0 unspecified atom stereocenters. The maximum atomic E-state index is 12.8. The van der Waals surface area contributed by atoms with Gasteiger partial charge in [0.25, 0.3) is 11.1 Å². The average molecular weight is 823 g/mol. The van der Waals surface area contributed by atoms with Crippen molar-refractivity contribution in [3.05, 3.63) is 101 Å². The summed E-state index contributed by atoms with van der Waals surface area (Å²) in [5, 5.41) is 21.7. The summed E-state index contributed by atoms with van der Waals surface area (Å²) in [6, 6.07) is 13.4. The number of aliphatic hydroxyl groups excluding tert-OH is 2.